The van der Waals surface area contributed by atoms with Crippen molar-refractivity contribution >= 4 is 0 Å². The first-order valence-corrected chi connectivity index (χ1v) is 7.45. The number of likely N-dealkylation sites (N-methyl/N-ethyl adjacent to an activating group) is 1. The smallest absolute Gasteiger partial charge is 0.0448 e. The van der Waals surface area contributed by atoms with Crippen molar-refractivity contribution in [2.45, 2.75) is 58.4 Å². The van der Waals surface area contributed by atoms with Crippen molar-refractivity contribution in [3.05, 3.63) is 29.6 Å². The Morgan fingerprint density at radius 2 is 2.11 bits per heavy atom. The summed E-state index contributed by atoms with van der Waals surface area (Å²) in [6.07, 6.45) is 10.0. The summed E-state index contributed by atoms with van der Waals surface area (Å²) in [5, 5.41) is 3.69. The second-order valence-corrected chi connectivity index (χ2v) is 5.53. The summed E-state index contributed by atoms with van der Waals surface area (Å²) >= 11 is 0. The monoisotopic (exact) mass is 246 g/mol. The van der Waals surface area contributed by atoms with E-state index in [9.17, 15) is 0 Å². The van der Waals surface area contributed by atoms with Crippen LogP contribution in [0.15, 0.2) is 18.3 Å². The van der Waals surface area contributed by atoms with Gasteiger partial charge in [-0.05, 0) is 43.9 Å². The Bertz CT molecular complexity index is 356. The van der Waals surface area contributed by atoms with Crippen LogP contribution in [-0.2, 0) is 6.42 Å². The van der Waals surface area contributed by atoms with E-state index in [-0.39, 0.29) is 0 Å². The van der Waals surface area contributed by atoms with Gasteiger partial charge in [-0.2, -0.15) is 0 Å². The normalized spacial score (nSPS) is 18.8. The summed E-state index contributed by atoms with van der Waals surface area (Å²) in [6.45, 7) is 5.44. The summed E-state index contributed by atoms with van der Waals surface area (Å²) in [7, 11) is 0. The Kier molecular flexibility index (Phi) is 5.18. The molecule has 2 rings (SSSR count). The van der Waals surface area contributed by atoms with Crippen LogP contribution in [0.25, 0.3) is 0 Å². The molecule has 0 bridgehead atoms. The molecule has 1 aliphatic rings. The standard InChI is InChI=1S/C16H26N2/c1-3-17-16(14-9-5-4-6-10-14)12-15-13(2)8-7-11-18-15/h7-8,11,14,16-17H,3-6,9-10,12H2,1-2H3. The number of hydrogen-bond donors (Lipinski definition) is 1. The maximum absolute atomic E-state index is 4.56. The first-order chi connectivity index (χ1) is 8.81. The maximum atomic E-state index is 4.56. The van der Waals surface area contributed by atoms with E-state index in [4.69, 9.17) is 0 Å². The highest BCUT2D eigenvalue weighted by atomic mass is 14.9. The van der Waals surface area contributed by atoms with E-state index >= 15 is 0 Å². The van der Waals surface area contributed by atoms with E-state index in [0.29, 0.717) is 6.04 Å². The molecule has 1 fully saturated rings. The first kappa shape index (κ1) is 13.5. The zero-order valence-corrected chi connectivity index (χ0v) is 11.8. The van der Waals surface area contributed by atoms with Gasteiger partial charge in [-0.1, -0.05) is 32.3 Å². The minimum Gasteiger partial charge on any atom is -0.314 e. The summed E-state index contributed by atoms with van der Waals surface area (Å²) in [6, 6.07) is 4.82. The zero-order chi connectivity index (χ0) is 12.8. The van der Waals surface area contributed by atoms with Crippen molar-refractivity contribution in [1.29, 1.82) is 0 Å². The number of aromatic nitrogens is 1. The molecule has 1 aromatic rings. The molecule has 0 amide bonds. The Morgan fingerprint density at radius 1 is 1.33 bits per heavy atom. The molecule has 2 heteroatoms. The lowest BCUT2D eigenvalue weighted by molar-refractivity contribution is 0.268. The molecule has 0 aromatic carbocycles. The quantitative estimate of drug-likeness (QED) is 0.860. The van der Waals surface area contributed by atoms with Crippen LogP contribution in [0.1, 0.15) is 50.3 Å². The van der Waals surface area contributed by atoms with Gasteiger partial charge < -0.3 is 5.32 Å². The fourth-order valence-electron chi connectivity index (χ4n) is 3.14. The minimum atomic E-state index is 0.615. The topological polar surface area (TPSA) is 24.9 Å². The van der Waals surface area contributed by atoms with Gasteiger partial charge in [0.25, 0.3) is 0 Å². The van der Waals surface area contributed by atoms with Crippen LogP contribution < -0.4 is 5.32 Å². The Morgan fingerprint density at radius 3 is 2.78 bits per heavy atom. The van der Waals surface area contributed by atoms with E-state index in [0.717, 1.165) is 18.9 Å². The van der Waals surface area contributed by atoms with Gasteiger partial charge in [0.15, 0.2) is 0 Å². The molecule has 0 spiro atoms. The molecule has 1 atom stereocenters. The molecule has 1 unspecified atom stereocenters. The van der Waals surface area contributed by atoms with Gasteiger partial charge in [0.1, 0.15) is 0 Å². The molecule has 2 nitrogen and oxygen atoms in total. The number of nitrogens with zero attached hydrogens (tertiary/aromatic N) is 1. The molecule has 0 radical (unpaired) electrons. The molecule has 18 heavy (non-hydrogen) atoms. The summed E-state index contributed by atoms with van der Waals surface area (Å²) in [4.78, 5) is 4.56. The molecule has 1 N–H and O–H groups in total. The van der Waals surface area contributed by atoms with Gasteiger partial charge in [-0.15, -0.1) is 0 Å². The van der Waals surface area contributed by atoms with E-state index < -0.39 is 0 Å². The molecule has 0 saturated heterocycles. The second kappa shape index (κ2) is 6.89. The number of rotatable bonds is 5. The van der Waals surface area contributed by atoms with Crippen molar-refractivity contribution in [1.82, 2.24) is 10.3 Å². The summed E-state index contributed by atoms with van der Waals surface area (Å²) in [5.41, 5.74) is 2.60. The number of nitrogens with one attached hydrogen (secondary N) is 1. The third-order valence-corrected chi connectivity index (χ3v) is 4.22. The van der Waals surface area contributed by atoms with Gasteiger partial charge in [-0.25, -0.2) is 0 Å². The molecule has 100 valence electrons. The van der Waals surface area contributed by atoms with Gasteiger partial charge in [0.2, 0.25) is 0 Å². The highest BCUT2D eigenvalue weighted by molar-refractivity contribution is 5.18. The van der Waals surface area contributed by atoms with Crippen LogP contribution in [0.4, 0.5) is 0 Å². The van der Waals surface area contributed by atoms with Crippen LogP contribution >= 0.6 is 0 Å². The van der Waals surface area contributed by atoms with E-state index in [1.807, 2.05) is 12.3 Å². The molecular weight excluding hydrogens is 220 g/mol. The maximum Gasteiger partial charge on any atom is 0.0448 e. The van der Waals surface area contributed by atoms with Crippen LogP contribution in [0.5, 0.6) is 0 Å². The molecule has 1 aromatic heterocycles. The van der Waals surface area contributed by atoms with E-state index in [1.165, 1.54) is 43.4 Å². The summed E-state index contributed by atoms with van der Waals surface area (Å²) in [5.74, 6) is 0.847. The van der Waals surface area contributed by atoms with Gasteiger partial charge in [0.05, 0.1) is 0 Å². The Hall–Kier alpha value is -0.890. The van der Waals surface area contributed by atoms with Crippen LogP contribution in [0.3, 0.4) is 0 Å². The van der Waals surface area contributed by atoms with Crippen LogP contribution in [0, 0.1) is 12.8 Å². The largest absolute Gasteiger partial charge is 0.314 e. The third-order valence-electron chi connectivity index (χ3n) is 4.22. The highest BCUT2D eigenvalue weighted by Crippen LogP contribution is 2.28. The SMILES string of the molecule is CCNC(Cc1ncccc1C)C1CCCCC1. The fourth-order valence-corrected chi connectivity index (χ4v) is 3.14. The fraction of sp³-hybridized carbons (Fsp3) is 0.688. The van der Waals surface area contributed by atoms with Gasteiger partial charge >= 0.3 is 0 Å². The molecule has 1 aliphatic carbocycles. The number of hydrogen-bond acceptors (Lipinski definition) is 2. The lowest BCUT2D eigenvalue weighted by atomic mass is 9.82. The van der Waals surface area contributed by atoms with E-state index in [2.05, 4.69) is 30.2 Å². The van der Waals surface area contributed by atoms with Gasteiger partial charge in [-0.3, -0.25) is 4.98 Å². The third kappa shape index (κ3) is 3.55. The van der Waals surface area contributed by atoms with Crippen molar-refractivity contribution in [3.8, 4) is 0 Å². The van der Waals surface area contributed by atoms with Crippen LogP contribution in [0.2, 0.25) is 0 Å². The first-order valence-electron chi connectivity index (χ1n) is 7.45. The highest BCUT2D eigenvalue weighted by Gasteiger charge is 2.23. The lowest BCUT2D eigenvalue weighted by Crippen LogP contribution is -2.39. The van der Waals surface area contributed by atoms with Gasteiger partial charge in [0, 0.05) is 24.4 Å². The minimum absolute atomic E-state index is 0.615. The Labute approximate surface area is 111 Å². The lowest BCUT2D eigenvalue weighted by Gasteiger charge is -2.31. The number of pyridine rings is 1. The average molecular weight is 246 g/mol. The van der Waals surface area contributed by atoms with E-state index in [1.54, 1.807) is 0 Å². The van der Waals surface area contributed by atoms with Crippen molar-refractivity contribution < 1.29 is 0 Å². The predicted molar refractivity (Wildman–Crippen MR) is 76.7 cm³/mol. The Balaban J connectivity index is 2.03. The molecule has 1 heterocycles. The zero-order valence-electron chi connectivity index (χ0n) is 11.8. The summed E-state index contributed by atoms with van der Waals surface area (Å²) < 4.78 is 0. The number of aryl methyl sites for hydroxylation is 1. The predicted octanol–water partition coefficient (Wildman–Crippen LogP) is 3.49. The van der Waals surface area contributed by atoms with Crippen molar-refractivity contribution in [3.63, 3.8) is 0 Å². The van der Waals surface area contributed by atoms with Crippen molar-refractivity contribution in [2.24, 2.45) is 5.92 Å². The average Bonchev–Trinajstić information content (AvgIpc) is 2.42. The molecule has 0 aliphatic heterocycles. The van der Waals surface area contributed by atoms with Crippen LogP contribution in [-0.4, -0.2) is 17.6 Å². The molecule has 1 saturated carbocycles. The second-order valence-electron chi connectivity index (χ2n) is 5.53. The molecular formula is C16H26N2. The van der Waals surface area contributed by atoms with Crippen molar-refractivity contribution in [2.75, 3.05) is 6.54 Å².